The minimum absolute atomic E-state index is 0.509. The van der Waals surface area contributed by atoms with Crippen molar-refractivity contribution < 1.29 is 4.74 Å². The topological polar surface area (TPSA) is 24.5 Å². The first-order valence-corrected chi connectivity index (χ1v) is 8.16. The zero-order valence-corrected chi connectivity index (χ0v) is 13.0. The van der Waals surface area contributed by atoms with Crippen LogP contribution in [0.15, 0.2) is 42.5 Å². The lowest BCUT2D eigenvalue weighted by atomic mass is 9.87. The molecular weight excluding hydrogens is 272 g/mol. The van der Waals surface area contributed by atoms with E-state index in [1.807, 2.05) is 6.07 Å². The van der Waals surface area contributed by atoms with Gasteiger partial charge in [0.15, 0.2) is 0 Å². The Morgan fingerprint density at radius 3 is 3.00 bits per heavy atom. The molecule has 114 valence electrons. The number of ether oxygens (including phenoxy) is 1. The first-order chi connectivity index (χ1) is 10.9. The van der Waals surface area contributed by atoms with Gasteiger partial charge in [-0.2, -0.15) is 0 Å². The molecule has 1 heterocycles. The standard InChI is InChI=1S/C19H22N2O/c1-20-17-6-4-5-14-13-15(9-10-16(14)17)21-11-12-22-19-8-3-2-7-18(19)21/h2-3,7-10,13,17,20H,4-6,11-12H2,1H3/t17-/m1/s1. The highest BCUT2D eigenvalue weighted by atomic mass is 16.5. The van der Waals surface area contributed by atoms with E-state index < -0.39 is 0 Å². The molecule has 0 aromatic heterocycles. The van der Waals surface area contributed by atoms with E-state index >= 15 is 0 Å². The van der Waals surface area contributed by atoms with Crippen LogP contribution in [0.3, 0.4) is 0 Å². The molecule has 1 aliphatic carbocycles. The summed E-state index contributed by atoms with van der Waals surface area (Å²) in [5.74, 6) is 0.986. The molecule has 0 spiro atoms. The highest BCUT2D eigenvalue weighted by Gasteiger charge is 2.22. The van der Waals surface area contributed by atoms with E-state index in [1.54, 1.807) is 0 Å². The molecule has 3 heteroatoms. The first kappa shape index (κ1) is 13.6. The zero-order chi connectivity index (χ0) is 14.9. The second-order valence-electron chi connectivity index (χ2n) is 6.08. The molecule has 22 heavy (non-hydrogen) atoms. The van der Waals surface area contributed by atoms with Crippen LogP contribution in [-0.4, -0.2) is 20.2 Å². The maximum atomic E-state index is 5.77. The summed E-state index contributed by atoms with van der Waals surface area (Å²) < 4.78 is 5.77. The van der Waals surface area contributed by atoms with E-state index in [4.69, 9.17) is 4.74 Å². The van der Waals surface area contributed by atoms with Gasteiger partial charge in [0, 0.05) is 11.7 Å². The Kier molecular flexibility index (Phi) is 3.51. The van der Waals surface area contributed by atoms with Crippen molar-refractivity contribution >= 4 is 11.4 Å². The van der Waals surface area contributed by atoms with Crippen LogP contribution in [0.1, 0.15) is 30.0 Å². The lowest BCUT2D eigenvalue weighted by molar-refractivity contribution is 0.314. The van der Waals surface area contributed by atoms with Crippen LogP contribution in [0.25, 0.3) is 0 Å². The van der Waals surface area contributed by atoms with Gasteiger partial charge in [0.1, 0.15) is 12.4 Å². The van der Waals surface area contributed by atoms with Gasteiger partial charge in [0.25, 0.3) is 0 Å². The highest BCUT2D eigenvalue weighted by Crippen LogP contribution is 2.38. The van der Waals surface area contributed by atoms with E-state index in [9.17, 15) is 0 Å². The number of nitrogens with zero attached hydrogens (tertiary/aromatic N) is 1. The SMILES string of the molecule is CN[C@@H]1CCCc2cc(N3CCOc4ccccc43)ccc21. The number of benzene rings is 2. The van der Waals surface area contributed by atoms with Crippen molar-refractivity contribution in [2.24, 2.45) is 0 Å². The van der Waals surface area contributed by atoms with Gasteiger partial charge in [-0.1, -0.05) is 18.2 Å². The Labute approximate surface area is 131 Å². The van der Waals surface area contributed by atoms with Crippen LogP contribution in [0.4, 0.5) is 11.4 Å². The molecule has 2 aliphatic rings. The molecule has 0 fully saturated rings. The Bertz CT molecular complexity index is 683. The van der Waals surface area contributed by atoms with Gasteiger partial charge in [-0.25, -0.2) is 0 Å². The summed E-state index contributed by atoms with van der Waals surface area (Å²) in [4.78, 5) is 2.38. The molecular formula is C19H22N2O. The number of nitrogens with one attached hydrogen (secondary N) is 1. The summed E-state index contributed by atoms with van der Waals surface area (Å²) in [6, 6.07) is 15.8. The predicted molar refractivity (Wildman–Crippen MR) is 90.1 cm³/mol. The predicted octanol–water partition coefficient (Wildman–Crippen LogP) is 3.81. The molecule has 0 amide bonds. The molecule has 1 atom stereocenters. The normalized spacial score (nSPS) is 20.0. The summed E-state index contributed by atoms with van der Waals surface area (Å²) in [7, 11) is 2.06. The van der Waals surface area contributed by atoms with Crippen molar-refractivity contribution in [2.75, 3.05) is 25.1 Å². The summed E-state index contributed by atoms with van der Waals surface area (Å²) in [5, 5.41) is 3.44. The summed E-state index contributed by atoms with van der Waals surface area (Å²) in [5.41, 5.74) is 5.42. The molecule has 0 saturated carbocycles. The van der Waals surface area contributed by atoms with Crippen molar-refractivity contribution in [1.29, 1.82) is 0 Å². The maximum absolute atomic E-state index is 5.77. The van der Waals surface area contributed by atoms with Crippen LogP contribution in [0.5, 0.6) is 5.75 Å². The Morgan fingerprint density at radius 2 is 2.09 bits per heavy atom. The summed E-state index contributed by atoms with van der Waals surface area (Å²) in [6.45, 7) is 1.65. The third-order valence-corrected chi connectivity index (χ3v) is 4.83. The quantitative estimate of drug-likeness (QED) is 0.911. The van der Waals surface area contributed by atoms with Gasteiger partial charge in [0.05, 0.1) is 12.2 Å². The van der Waals surface area contributed by atoms with Crippen molar-refractivity contribution in [2.45, 2.75) is 25.3 Å². The van der Waals surface area contributed by atoms with E-state index in [0.29, 0.717) is 6.04 Å². The molecule has 0 saturated heterocycles. The van der Waals surface area contributed by atoms with Gasteiger partial charge in [0.2, 0.25) is 0 Å². The minimum Gasteiger partial charge on any atom is -0.490 e. The van der Waals surface area contributed by atoms with Crippen molar-refractivity contribution in [3.63, 3.8) is 0 Å². The lowest BCUT2D eigenvalue weighted by Crippen LogP contribution is -2.29. The number of fused-ring (bicyclic) bond motifs is 2. The van der Waals surface area contributed by atoms with Gasteiger partial charge in [-0.3, -0.25) is 0 Å². The third kappa shape index (κ3) is 2.26. The Hall–Kier alpha value is -2.00. The zero-order valence-electron chi connectivity index (χ0n) is 13.0. The fourth-order valence-electron chi connectivity index (χ4n) is 3.71. The number of aryl methyl sites for hydroxylation is 1. The molecule has 2 aromatic carbocycles. The van der Waals surface area contributed by atoms with E-state index in [-0.39, 0.29) is 0 Å². The molecule has 2 aromatic rings. The smallest absolute Gasteiger partial charge is 0.143 e. The molecule has 1 N–H and O–H groups in total. The second kappa shape index (κ2) is 5.65. The maximum Gasteiger partial charge on any atom is 0.143 e. The molecule has 1 aliphatic heterocycles. The first-order valence-electron chi connectivity index (χ1n) is 8.16. The number of para-hydroxylation sites is 2. The fraction of sp³-hybridized carbons (Fsp3) is 0.368. The number of hydrogen-bond acceptors (Lipinski definition) is 3. The number of anilines is 2. The van der Waals surface area contributed by atoms with Crippen LogP contribution < -0.4 is 15.0 Å². The minimum atomic E-state index is 0.509. The van der Waals surface area contributed by atoms with Crippen LogP contribution in [0.2, 0.25) is 0 Å². The van der Waals surface area contributed by atoms with E-state index in [0.717, 1.165) is 18.9 Å². The molecule has 4 rings (SSSR count). The molecule has 0 bridgehead atoms. The Balaban J connectivity index is 1.73. The van der Waals surface area contributed by atoms with Crippen molar-refractivity contribution in [3.8, 4) is 5.75 Å². The fourth-order valence-corrected chi connectivity index (χ4v) is 3.71. The van der Waals surface area contributed by atoms with Gasteiger partial charge in [-0.05, 0) is 61.7 Å². The summed E-state index contributed by atoms with van der Waals surface area (Å²) in [6.07, 6.45) is 3.69. The van der Waals surface area contributed by atoms with Crippen LogP contribution in [0, 0.1) is 0 Å². The highest BCUT2D eigenvalue weighted by molar-refractivity contribution is 5.71. The third-order valence-electron chi connectivity index (χ3n) is 4.83. The average molecular weight is 294 g/mol. The average Bonchev–Trinajstić information content (AvgIpc) is 2.60. The van der Waals surface area contributed by atoms with Crippen LogP contribution >= 0.6 is 0 Å². The molecule has 0 unspecified atom stereocenters. The molecule has 0 radical (unpaired) electrons. The number of hydrogen-bond donors (Lipinski definition) is 1. The largest absolute Gasteiger partial charge is 0.490 e. The van der Waals surface area contributed by atoms with Gasteiger partial charge >= 0.3 is 0 Å². The van der Waals surface area contributed by atoms with Crippen LogP contribution in [-0.2, 0) is 6.42 Å². The van der Waals surface area contributed by atoms with E-state index in [2.05, 4.69) is 53.7 Å². The molecule has 3 nitrogen and oxygen atoms in total. The summed E-state index contributed by atoms with van der Waals surface area (Å²) >= 11 is 0. The lowest BCUT2D eigenvalue weighted by Gasteiger charge is -2.33. The Morgan fingerprint density at radius 1 is 1.18 bits per heavy atom. The monoisotopic (exact) mass is 294 g/mol. The van der Waals surface area contributed by atoms with Crippen molar-refractivity contribution in [1.82, 2.24) is 5.32 Å². The second-order valence-corrected chi connectivity index (χ2v) is 6.08. The van der Waals surface area contributed by atoms with Gasteiger partial charge in [-0.15, -0.1) is 0 Å². The van der Waals surface area contributed by atoms with Crippen molar-refractivity contribution in [3.05, 3.63) is 53.6 Å². The van der Waals surface area contributed by atoms with Gasteiger partial charge < -0.3 is 15.0 Å². The van der Waals surface area contributed by atoms with E-state index in [1.165, 1.54) is 41.8 Å². The number of rotatable bonds is 2.